The molecule has 0 radical (unpaired) electrons. The molecular weight excluding hydrogens is 395 g/mol. The number of carbonyl (C=O) groups excluding carboxylic acids is 1. The molecule has 0 spiro atoms. The average molecular weight is 433 g/mol. The zero-order valence-corrected chi connectivity index (χ0v) is 20.3. The van der Waals surface area contributed by atoms with Gasteiger partial charge in [0.2, 0.25) is 0 Å². The molecule has 28 heavy (non-hydrogen) atoms. The summed E-state index contributed by atoms with van der Waals surface area (Å²) in [5, 5.41) is 6.55. The van der Waals surface area contributed by atoms with Gasteiger partial charge in [0.05, 0.1) is 13.0 Å². The van der Waals surface area contributed by atoms with Crippen molar-refractivity contribution in [3.05, 3.63) is 0 Å². The van der Waals surface area contributed by atoms with Crippen LogP contribution in [0.5, 0.6) is 0 Å². The van der Waals surface area contributed by atoms with E-state index in [-0.39, 0.29) is 37.6 Å². The van der Waals surface area contributed by atoms with Gasteiger partial charge in [-0.05, 0) is 6.42 Å². The molecule has 0 aliphatic heterocycles. The van der Waals surface area contributed by atoms with E-state index in [1.165, 1.54) is 57.8 Å². The van der Waals surface area contributed by atoms with Crippen molar-refractivity contribution in [1.82, 2.24) is 0 Å². The molecule has 0 saturated carbocycles. The standard InChI is InChI=1S/C19H36O7S.Na.H/c1-2-3-4-5-6-7-8-9-10-11-12-13-14-15-26-19(22)17(16-18(20)21)27(23,24)25;;/h17H,2-16H2,1H3,(H,20,21)(H,23,24,25);;/q;+1;-1. The summed E-state index contributed by atoms with van der Waals surface area (Å²) >= 11 is 0. The van der Waals surface area contributed by atoms with Gasteiger partial charge in [0, 0.05) is 0 Å². The van der Waals surface area contributed by atoms with Gasteiger partial charge in [0.25, 0.3) is 10.1 Å². The van der Waals surface area contributed by atoms with E-state index >= 15 is 0 Å². The molecule has 162 valence electrons. The Labute approximate surface area is 193 Å². The van der Waals surface area contributed by atoms with E-state index in [2.05, 4.69) is 6.92 Å². The van der Waals surface area contributed by atoms with Crippen molar-refractivity contribution in [3.63, 3.8) is 0 Å². The molecule has 0 bridgehead atoms. The maximum absolute atomic E-state index is 11.6. The van der Waals surface area contributed by atoms with Gasteiger partial charge in [0.15, 0.2) is 5.25 Å². The fraction of sp³-hybridized carbons (Fsp3) is 0.895. The van der Waals surface area contributed by atoms with Crippen molar-refractivity contribution < 1.29 is 63.4 Å². The van der Waals surface area contributed by atoms with E-state index in [1.807, 2.05) is 0 Å². The van der Waals surface area contributed by atoms with Crippen molar-refractivity contribution in [1.29, 1.82) is 0 Å². The molecule has 0 saturated heterocycles. The summed E-state index contributed by atoms with van der Waals surface area (Å²) in [6, 6.07) is 0. The molecule has 0 aromatic rings. The second-order valence-corrected chi connectivity index (χ2v) is 8.61. The Hall–Kier alpha value is -0.150. The van der Waals surface area contributed by atoms with Crippen LogP contribution < -0.4 is 29.6 Å². The zero-order valence-electron chi connectivity index (χ0n) is 18.5. The average Bonchev–Trinajstić information content (AvgIpc) is 2.58. The molecule has 0 amide bonds. The summed E-state index contributed by atoms with van der Waals surface area (Å²) in [6.07, 6.45) is 14.3. The number of esters is 1. The van der Waals surface area contributed by atoms with Gasteiger partial charge in [0.1, 0.15) is 0 Å². The first kappa shape index (κ1) is 30.0. The van der Waals surface area contributed by atoms with Crippen LogP contribution in [0.25, 0.3) is 0 Å². The van der Waals surface area contributed by atoms with Crippen LogP contribution in [0.4, 0.5) is 0 Å². The van der Waals surface area contributed by atoms with E-state index in [1.54, 1.807) is 0 Å². The van der Waals surface area contributed by atoms with E-state index in [4.69, 9.17) is 14.4 Å². The van der Waals surface area contributed by atoms with Gasteiger partial charge < -0.3 is 11.3 Å². The zero-order chi connectivity index (χ0) is 20.5. The fourth-order valence-corrected chi connectivity index (χ4v) is 3.52. The third-order valence-corrected chi connectivity index (χ3v) is 5.55. The van der Waals surface area contributed by atoms with E-state index in [0.717, 1.165) is 19.3 Å². The van der Waals surface area contributed by atoms with Crippen molar-refractivity contribution in [2.24, 2.45) is 0 Å². The fourth-order valence-electron chi connectivity index (χ4n) is 2.85. The van der Waals surface area contributed by atoms with Crippen LogP contribution in [0.1, 0.15) is 98.2 Å². The number of carboxylic acid groups (broad SMARTS) is 1. The number of carbonyl (C=O) groups is 2. The van der Waals surface area contributed by atoms with Gasteiger partial charge >= 0.3 is 41.5 Å². The van der Waals surface area contributed by atoms with Crippen molar-refractivity contribution >= 4 is 22.1 Å². The quantitative estimate of drug-likeness (QED) is 0.146. The third kappa shape index (κ3) is 17.9. The summed E-state index contributed by atoms with van der Waals surface area (Å²) in [7, 11) is -4.78. The Morgan fingerprint density at radius 3 is 1.61 bits per heavy atom. The SMILES string of the molecule is CCCCCCCCCCCCCCCOC(=O)C(CC(=O)O)S(=O)(=O)O.[H-].[Na+]. The Balaban J connectivity index is -0.00000338. The summed E-state index contributed by atoms with van der Waals surface area (Å²) in [5.41, 5.74) is 0. The smallest absolute Gasteiger partial charge is 1.00 e. The molecule has 0 fully saturated rings. The molecule has 9 heteroatoms. The minimum absolute atomic E-state index is 0. The number of rotatable bonds is 18. The van der Waals surface area contributed by atoms with Crippen LogP contribution in [-0.4, -0.2) is 41.9 Å². The van der Waals surface area contributed by atoms with Crippen molar-refractivity contribution in [2.45, 2.75) is 102 Å². The van der Waals surface area contributed by atoms with Gasteiger partial charge in [-0.2, -0.15) is 8.42 Å². The normalized spacial score (nSPS) is 12.2. The molecule has 1 atom stereocenters. The van der Waals surface area contributed by atoms with Gasteiger partial charge in [-0.3, -0.25) is 14.1 Å². The first-order valence-corrected chi connectivity index (χ1v) is 11.6. The van der Waals surface area contributed by atoms with Crippen molar-refractivity contribution in [3.8, 4) is 0 Å². The van der Waals surface area contributed by atoms with Gasteiger partial charge in [-0.1, -0.05) is 84.0 Å². The first-order valence-electron chi connectivity index (χ1n) is 10.1. The van der Waals surface area contributed by atoms with Gasteiger partial charge in [-0.25, -0.2) is 0 Å². The van der Waals surface area contributed by atoms with E-state index < -0.39 is 33.7 Å². The number of aliphatic carboxylic acids is 1. The molecule has 1 unspecified atom stereocenters. The second kappa shape index (κ2) is 18.9. The number of carboxylic acids is 1. The largest absolute Gasteiger partial charge is 1.00 e. The molecule has 0 aromatic carbocycles. The Morgan fingerprint density at radius 2 is 1.25 bits per heavy atom. The van der Waals surface area contributed by atoms with Crippen LogP contribution in [0, 0.1) is 0 Å². The summed E-state index contributed by atoms with van der Waals surface area (Å²) in [5.74, 6) is -2.70. The van der Waals surface area contributed by atoms with Crippen LogP contribution in [-0.2, 0) is 24.4 Å². The Morgan fingerprint density at radius 1 is 0.857 bits per heavy atom. The number of unbranched alkanes of at least 4 members (excludes halogenated alkanes) is 12. The topological polar surface area (TPSA) is 118 Å². The molecule has 7 nitrogen and oxygen atoms in total. The van der Waals surface area contributed by atoms with Crippen molar-refractivity contribution in [2.75, 3.05) is 6.61 Å². The molecule has 0 aliphatic carbocycles. The van der Waals surface area contributed by atoms with Gasteiger partial charge in [-0.15, -0.1) is 0 Å². The third-order valence-electron chi connectivity index (χ3n) is 4.47. The minimum atomic E-state index is -4.78. The molecule has 0 rings (SSSR count). The van der Waals surface area contributed by atoms with E-state index in [9.17, 15) is 18.0 Å². The second-order valence-electron chi connectivity index (χ2n) is 7.01. The predicted molar refractivity (Wildman–Crippen MR) is 105 cm³/mol. The monoisotopic (exact) mass is 432 g/mol. The molecule has 0 heterocycles. The maximum atomic E-state index is 11.6. The minimum Gasteiger partial charge on any atom is -1.00 e. The maximum Gasteiger partial charge on any atom is 1.00 e. The summed E-state index contributed by atoms with van der Waals surface area (Å²) < 4.78 is 35.8. The Kier molecular flexibility index (Phi) is 20.2. The Bertz CT molecular complexity index is 515. The van der Waals surface area contributed by atoms with Crippen LogP contribution in [0.15, 0.2) is 0 Å². The first-order chi connectivity index (χ1) is 12.8. The molecular formula is C19H37NaO7S. The number of hydrogen-bond donors (Lipinski definition) is 2. The van der Waals surface area contributed by atoms with Crippen LogP contribution in [0.3, 0.4) is 0 Å². The van der Waals surface area contributed by atoms with Crippen LogP contribution >= 0.6 is 0 Å². The predicted octanol–water partition coefficient (Wildman–Crippen LogP) is 1.47. The number of hydrogen-bond acceptors (Lipinski definition) is 5. The summed E-state index contributed by atoms with van der Waals surface area (Å²) in [6.45, 7) is 2.25. The molecule has 0 aliphatic rings. The number of ether oxygens (including phenoxy) is 1. The molecule has 2 N–H and O–H groups in total. The summed E-state index contributed by atoms with van der Waals surface area (Å²) in [4.78, 5) is 22.2. The van der Waals surface area contributed by atoms with Crippen LogP contribution in [0.2, 0.25) is 0 Å². The molecule has 0 aromatic heterocycles. The van der Waals surface area contributed by atoms with E-state index in [0.29, 0.717) is 6.42 Å².